The highest BCUT2D eigenvalue weighted by atomic mass is 32.1. The number of nitrogens with one attached hydrogen (secondary N) is 1. The van der Waals surface area contributed by atoms with Crippen molar-refractivity contribution < 1.29 is 14.6 Å². The van der Waals surface area contributed by atoms with Crippen LogP contribution in [-0.4, -0.2) is 28.9 Å². The molecule has 0 aliphatic carbocycles. The van der Waals surface area contributed by atoms with Crippen LogP contribution >= 0.6 is 11.3 Å². The Hall–Kier alpha value is -2.41. The highest BCUT2D eigenvalue weighted by Gasteiger charge is 2.08. The van der Waals surface area contributed by atoms with Gasteiger partial charge in [0.15, 0.2) is 0 Å². The van der Waals surface area contributed by atoms with E-state index in [1.165, 1.54) is 11.3 Å². The quantitative estimate of drug-likeness (QED) is 0.482. The maximum absolute atomic E-state index is 11.4. The van der Waals surface area contributed by atoms with Gasteiger partial charge in [-0.15, -0.1) is 11.3 Å². The third-order valence-corrected chi connectivity index (χ3v) is 3.84. The number of carbonyl (C=O) groups excluding carboxylic acids is 1. The zero-order chi connectivity index (χ0) is 16.8. The zero-order valence-electron chi connectivity index (χ0n) is 13.3. The van der Waals surface area contributed by atoms with E-state index in [1.807, 2.05) is 19.9 Å². The molecule has 2 aromatic rings. The molecule has 0 saturated carbocycles. The molecule has 1 aromatic heterocycles. The molecular formula is C16H19N3O3S. The molecule has 0 saturated heterocycles. The third-order valence-electron chi connectivity index (χ3n) is 3.05. The number of aryl methyl sites for hydroxylation is 2. The number of nitrogens with zero attached hydrogens (tertiary/aromatic N) is 2. The second-order valence-corrected chi connectivity index (χ2v) is 5.87. The normalized spacial score (nSPS) is 10.9. The molecular weight excluding hydrogens is 314 g/mol. The summed E-state index contributed by atoms with van der Waals surface area (Å²) in [5.41, 5.74) is 6.03. The van der Waals surface area contributed by atoms with Crippen LogP contribution in [-0.2, 0) is 16.0 Å². The zero-order valence-corrected chi connectivity index (χ0v) is 14.1. The first-order valence-corrected chi connectivity index (χ1v) is 8.07. The Morgan fingerprint density at radius 1 is 1.48 bits per heavy atom. The average molecular weight is 333 g/mol. The molecule has 23 heavy (non-hydrogen) atoms. The van der Waals surface area contributed by atoms with E-state index >= 15 is 0 Å². The number of thiazole rings is 1. The third kappa shape index (κ3) is 4.79. The predicted molar refractivity (Wildman–Crippen MR) is 91.2 cm³/mol. The number of aromatic hydroxyl groups is 1. The fraction of sp³-hybridized carbons (Fsp3) is 0.312. The molecule has 1 aromatic carbocycles. The number of phenolic OH excluding ortho intramolecular Hbond substituents is 1. The number of hydrogen-bond acceptors (Lipinski definition) is 7. The van der Waals surface area contributed by atoms with Crippen molar-refractivity contribution in [3.05, 3.63) is 39.9 Å². The number of phenols is 1. The van der Waals surface area contributed by atoms with Crippen LogP contribution in [0.2, 0.25) is 0 Å². The number of benzene rings is 1. The highest BCUT2D eigenvalue weighted by molar-refractivity contribution is 7.13. The van der Waals surface area contributed by atoms with Crippen molar-refractivity contribution in [1.82, 2.24) is 4.98 Å². The molecule has 0 fully saturated rings. The maximum Gasteiger partial charge on any atom is 0.311 e. The van der Waals surface area contributed by atoms with Gasteiger partial charge in [0.05, 0.1) is 24.9 Å². The first-order valence-electron chi connectivity index (χ1n) is 7.19. The average Bonchev–Trinajstić information content (AvgIpc) is 2.89. The Balaban J connectivity index is 1.99. The van der Waals surface area contributed by atoms with Gasteiger partial charge in [0, 0.05) is 10.9 Å². The number of esters is 1. The predicted octanol–water partition coefficient (Wildman–Crippen LogP) is 3.02. The second kappa shape index (κ2) is 7.73. The van der Waals surface area contributed by atoms with E-state index < -0.39 is 0 Å². The Morgan fingerprint density at radius 2 is 2.26 bits per heavy atom. The summed E-state index contributed by atoms with van der Waals surface area (Å²) >= 11 is 1.35. The molecule has 0 radical (unpaired) electrons. The van der Waals surface area contributed by atoms with E-state index in [0.717, 1.165) is 11.1 Å². The standard InChI is InChI=1S/C16H19N3O3S/c1-4-22-15(21)7-12-9-23-16(18-12)19-17-8-13-11(3)5-10(2)6-14(13)20/h5-6,8-9,20H,4,7H2,1-3H3,(H,18,19). The van der Waals surface area contributed by atoms with E-state index in [0.29, 0.717) is 23.0 Å². The number of rotatable bonds is 6. The molecule has 7 heteroatoms. The molecule has 0 atom stereocenters. The lowest BCUT2D eigenvalue weighted by atomic mass is 10.1. The lowest BCUT2D eigenvalue weighted by molar-refractivity contribution is -0.142. The topological polar surface area (TPSA) is 83.8 Å². The van der Waals surface area contributed by atoms with Gasteiger partial charge in [-0.1, -0.05) is 6.07 Å². The lowest BCUT2D eigenvalue weighted by Gasteiger charge is -2.04. The van der Waals surface area contributed by atoms with Crippen molar-refractivity contribution in [1.29, 1.82) is 0 Å². The van der Waals surface area contributed by atoms with Crippen molar-refractivity contribution in [3.8, 4) is 5.75 Å². The number of anilines is 1. The molecule has 0 aliphatic rings. The van der Waals surface area contributed by atoms with Crippen LogP contribution in [0.25, 0.3) is 0 Å². The molecule has 0 spiro atoms. The molecule has 0 amide bonds. The van der Waals surface area contributed by atoms with Gasteiger partial charge in [-0.3, -0.25) is 10.2 Å². The first kappa shape index (κ1) is 17.0. The van der Waals surface area contributed by atoms with Crippen LogP contribution < -0.4 is 5.43 Å². The van der Waals surface area contributed by atoms with Crippen LogP contribution in [0.3, 0.4) is 0 Å². The second-order valence-electron chi connectivity index (χ2n) is 5.01. The monoisotopic (exact) mass is 333 g/mol. The summed E-state index contributed by atoms with van der Waals surface area (Å²) in [4.78, 5) is 15.6. The molecule has 0 unspecified atom stereocenters. The van der Waals surface area contributed by atoms with Gasteiger partial charge in [-0.25, -0.2) is 4.98 Å². The van der Waals surface area contributed by atoms with Crippen molar-refractivity contribution >= 4 is 28.7 Å². The minimum absolute atomic E-state index is 0.146. The van der Waals surface area contributed by atoms with Crippen LogP contribution in [0.4, 0.5) is 5.13 Å². The molecule has 1 heterocycles. The summed E-state index contributed by atoms with van der Waals surface area (Å²) in [7, 11) is 0. The van der Waals surface area contributed by atoms with E-state index in [2.05, 4.69) is 15.5 Å². The van der Waals surface area contributed by atoms with Crippen LogP contribution in [0.15, 0.2) is 22.6 Å². The number of ether oxygens (including phenoxy) is 1. The molecule has 6 nitrogen and oxygen atoms in total. The minimum Gasteiger partial charge on any atom is -0.507 e. The first-order chi connectivity index (χ1) is 11.0. The highest BCUT2D eigenvalue weighted by Crippen LogP contribution is 2.21. The fourth-order valence-corrected chi connectivity index (χ4v) is 2.73. The number of hydrogen-bond donors (Lipinski definition) is 2. The van der Waals surface area contributed by atoms with Gasteiger partial charge in [0.1, 0.15) is 5.75 Å². The largest absolute Gasteiger partial charge is 0.507 e. The Kier molecular flexibility index (Phi) is 5.70. The van der Waals surface area contributed by atoms with E-state index in [-0.39, 0.29) is 18.1 Å². The Labute approximate surface area is 138 Å². The van der Waals surface area contributed by atoms with Gasteiger partial charge in [0.2, 0.25) is 5.13 Å². The molecule has 0 aliphatic heterocycles. The summed E-state index contributed by atoms with van der Waals surface area (Å²) in [5, 5.41) is 16.4. The summed E-state index contributed by atoms with van der Waals surface area (Å²) in [6, 6.07) is 3.66. The lowest BCUT2D eigenvalue weighted by Crippen LogP contribution is -2.07. The van der Waals surface area contributed by atoms with Crippen LogP contribution in [0.1, 0.15) is 29.3 Å². The minimum atomic E-state index is -0.298. The van der Waals surface area contributed by atoms with Gasteiger partial charge < -0.3 is 9.84 Å². The summed E-state index contributed by atoms with van der Waals surface area (Å²) in [6.45, 7) is 5.96. The van der Waals surface area contributed by atoms with Crippen molar-refractivity contribution in [2.75, 3.05) is 12.0 Å². The Morgan fingerprint density at radius 3 is 2.96 bits per heavy atom. The van der Waals surface area contributed by atoms with Crippen molar-refractivity contribution in [2.45, 2.75) is 27.2 Å². The smallest absolute Gasteiger partial charge is 0.311 e. The fourth-order valence-electron chi connectivity index (χ4n) is 2.08. The SMILES string of the molecule is CCOC(=O)Cc1csc(NN=Cc2c(C)cc(C)cc2O)n1. The Bertz CT molecular complexity index is 702. The van der Waals surface area contributed by atoms with Crippen molar-refractivity contribution in [2.24, 2.45) is 5.10 Å². The molecule has 0 bridgehead atoms. The summed E-state index contributed by atoms with van der Waals surface area (Å²) < 4.78 is 4.88. The number of carbonyl (C=O) groups is 1. The van der Waals surface area contributed by atoms with E-state index in [4.69, 9.17) is 4.74 Å². The van der Waals surface area contributed by atoms with Crippen LogP contribution in [0.5, 0.6) is 5.75 Å². The van der Waals surface area contributed by atoms with E-state index in [9.17, 15) is 9.90 Å². The molecule has 122 valence electrons. The van der Waals surface area contributed by atoms with Gasteiger partial charge in [-0.2, -0.15) is 5.10 Å². The molecule has 2 N–H and O–H groups in total. The summed E-state index contributed by atoms with van der Waals surface area (Å²) in [6.07, 6.45) is 1.70. The number of hydrazone groups is 1. The van der Waals surface area contributed by atoms with E-state index in [1.54, 1.807) is 24.6 Å². The summed E-state index contributed by atoms with van der Waals surface area (Å²) in [5.74, 6) is -0.108. The van der Waals surface area contributed by atoms with Crippen molar-refractivity contribution in [3.63, 3.8) is 0 Å². The van der Waals surface area contributed by atoms with Gasteiger partial charge in [0.25, 0.3) is 0 Å². The maximum atomic E-state index is 11.4. The van der Waals surface area contributed by atoms with Gasteiger partial charge >= 0.3 is 5.97 Å². The molecule has 2 rings (SSSR count). The van der Waals surface area contributed by atoms with Gasteiger partial charge in [-0.05, 0) is 38.0 Å². The van der Waals surface area contributed by atoms with Crippen LogP contribution in [0, 0.1) is 13.8 Å². The number of aromatic nitrogens is 1.